The van der Waals surface area contributed by atoms with Gasteiger partial charge < -0.3 is 5.32 Å². The number of amides is 3. The minimum Gasteiger partial charge on any atom is -0.326 e. The smallest absolute Gasteiger partial charge is 0.258 e. The normalized spacial score (nSPS) is 10.1. The lowest BCUT2D eigenvalue weighted by molar-refractivity contribution is -0.124. The van der Waals surface area contributed by atoms with Crippen molar-refractivity contribution in [1.82, 2.24) is 16.2 Å². The zero-order valence-corrected chi connectivity index (χ0v) is 18.6. The van der Waals surface area contributed by atoms with E-state index in [-0.39, 0.29) is 34.4 Å². The van der Waals surface area contributed by atoms with E-state index in [1.807, 2.05) is 32.0 Å². The predicted octanol–water partition coefficient (Wildman–Crippen LogP) is 3.66. The number of anilines is 1. The lowest BCUT2D eigenvalue weighted by Gasteiger charge is -2.12. The quantitative estimate of drug-likeness (QED) is 0.397. The van der Waals surface area contributed by atoms with Crippen molar-refractivity contribution in [3.05, 3.63) is 63.1 Å². The Morgan fingerprint density at radius 1 is 0.933 bits per heavy atom. The number of rotatable bonds is 5. The van der Waals surface area contributed by atoms with Crippen molar-refractivity contribution in [2.75, 3.05) is 5.32 Å². The van der Waals surface area contributed by atoms with E-state index >= 15 is 0 Å². The molecule has 0 aliphatic rings. The standard InChI is InChI=1S/C20H20Cl2N4O3S/c1-11-3-4-12(2)16(9-11)23-17(27)7-8-18(28)25-26-20(30)24-19(29)14-6-5-13(21)10-15(14)22/h3-6,9-10H,7-8H2,1-2H3,(H,23,27)(H,25,28)(H2,24,26,29,30). The van der Waals surface area contributed by atoms with Gasteiger partial charge in [0.05, 0.1) is 10.6 Å². The van der Waals surface area contributed by atoms with Crippen LogP contribution in [-0.2, 0) is 9.59 Å². The first-order valence-electron chi connectivity index (χ1n) is 8.88. The largest absolute Gasteiger partial charge is 0.326 e. The third-order valence-corrected chi connectivity index (χ3v) is 4.72. The molecule has 0 fully saturated rings. The van der Waals surface area contributed by atoms with Gasteiger partial charge in [0.25, 0.3) is 5.91 Å². The molecule has 2 aromatic carbocycles. The van der Waals surface area contributed by atoms with Crippen molar-refractivity contribution in [1.29, 1.82) is 0 Å². The number of nitrogens with one attached hydrogen (secondary N) is 4. The molecular formula is C20H20Cl2N4O3S. The third kappa shape index (κ3) is 7.29. The Kier molecular flexibility index (Phi) is 8.58. The lowest BCUT2D eigenvalue weighted by atomic mass is 10.1. The monoisotopic (exact) mass is 466 g/mol. The Morgan fingerprint density at radius 2 is 1.63 bits per heavy atom. The molecule has 0 radical (unpaired) electrons. The van der Waals surface area contributed by atoms with Gasteiger partial charge in [0.15, 0.2) is 5.11 Å². The van der Waals surface area contributed by atoms with Crippen molar-refractivity contribution < 1.29 is 14.4 Å². The number of hydrogen-bond acceptors (Lipinski definition) is 4. The summed E-state index contributed by atoms with van der Waals surface area (Å²) in [6.07, 6.45) is -0.0797. The van der Waals surface area contributed by atoms with Crippen LogP contribution in [0.15, 0.2) is 36.4 Å². The first-order valence-corrected chi connectivity index (χ1v) is 10.0. The highest BCUT2D eigenvalue weighted by Crippen LogP contribution is 2.20. The molecule has 10 heteroatoms. The molecule has 3 amide bonds. The average molecular weight is 467 g/mol. The topological polar surface area (TPSA) is 99.3 Å². The fraction of sp³-hybridized carbons (Fsp3) is 0.200. The second-order valence-corrected chi connectivity index (χ2v) is 7.70. The number of carbonyl (C=O) groups is 3. The zero-order chi connectivity index (χ0) is 22.3. The van der Waals surface area contributed by atoms with Gasteiger partial charge in [0, 0.05) is 23.6 Å². The Morgan fingerprint density at radius 3 is 2.33 bits per heavy atom. The summed E-state index contributed by atoms with van der Waals surface area (Å²) in [5.74, 6) is -1.31. The second kappa shape index (κ2) is 10.9. The van der Waals surface area contributed by atoms with Crippen LogP contribution < -0.4 is 21.5 Å². The summed E-state index contributed by atoms with van der Waals surface area (Å²) in [5.41, 5.74) is 7.57. The molecular weight excluding hydrogens is 447 g/mol. The fourth-order valence-corrected chi connectivity index (χ4v) is 3.01. The molecule has 0 saturated carbocycles. The van der Waals surface area contributed by atoms with Crippen LogP contribution >= 0.6 is 35.4 Å². The maximum absolute atomic E-state index is 12.1. The highest BCUT2D eigenvalue weighted by Gasteiger charge is 2.13. The molecule has 0 aliphatic carbocycles. The maximum atomic E-state index is 12.1. The van der Waals surface area contributed by atoms with Crippen molar-refractivity contribution in [3.63, 3.8) is 0 Å². The lowest BCUT2D eigenvalue weighted by Crippen LogP contribution is -2.48. The molecule has 0 heterocycles. The van der Waals surface area contributed by atoms with Gasteiger partial charge in [0.2, 0.25) is 11.8 Å². The highest BCUT2D eigenvalue weighted by atomic mass is 35.5. The number of carbonyl (C=O) groups excluding carboxylic acids is 3. The zero-order valence-electron chi connectivity index (χ0n) is 16.3. The minimum atomic E-state index is -0.559. The Balaban J connectivity index is 1.74. The average Bonchev–Trinajstić information content (AvgIpc) is 2.67. The van der Waals surface area contributed by atoms with Crippen LogP contribution in [0.4, 0.5) is 5.69 Å². The number of hydrazine groups is 1. The maximum Gasteiger partial charge on any atom is 0.258 e. The molecule has 4 N–H and O–H groups in total. The number of aryl methyl sites for hydroxylation is 2. The van der Waals surface area contributed by atoms with E-state index in [1.54, 1.807) is 0 Å². The van der Waals surface area contributed by atoms with E-state index in [0.29, 0.717) is 10.7 Å². The highest BCUT2D eigenvalue weighted by molar-refractivity contribution is 7.80. The molecule has 0 bridgehead atoms. The molecule has 2 rings (SSSR count). The first kappa shape index (κ1) is 23.6. The second-order valence-electron chi connectivity index (χ2n) is 6.45. The molecule has 2 aromatic rings. The number of thiocarbonyl (C=S) groups is 1. The van der Waals surface area contributed by atoms with Gasteiger partial charge in [-0.2, -0.15) is 0 Å². The van der Waals surface area contributed by atoms with E-state index < -0.39 is 11.8 Å². The summed E-state index contributed by atoms with van der Waals surface area (Å²) in [6.45, 7) is 3.81. The van der Waals surface area contributed by atoms with Crippen LogP contribution in [0.5, 0.6) is 0 Å². The van der Waals surface area contributed by atoms with Gasteiger partial charge >= 0.3 is 0 Å². The molecule has 0 saturated heterocycles. The first-order chi connectivity index (χ1) is 14.2. The van der Waals surface area contributed by atoms with Gasteiger partial charge in [-0.3, -0.25) is 30.6 Å². The minimum absolute atomic E-state index is 0.0135. The Labute approximate surface area is 189 Å². The van der Waals surface area contributed by atoms with Crippen molar-refractivity contribution in [2.24, 2.45) is 0 Å². The van der Waals surface area contributed by atoms with Crippen LogP contribution in [0.25, 0.3) is 0 Å². The van der Waals surface area contributed by atoms with Gasteiger partial charge in [-0.25, -0.2) is 0 Å². The van der Waals surface area contributed by atoms with Crippen LogP contribution in [-0.4, -0.2) is 22.8 Å². The summed E-state index contributed by atoms with van der Waals surface area (Å²) in [5, 5.41) is 5.60. The van der Waals surface area contributed by atoms with Gasteiger partial charge in [-0.15, -0.1) is 0 Å². The fourth-order valence-electron chi connectivity index (χ4n) is 2.37. The van der Waals surface area contributed by atoms with Crippen molar-refractivity contribution >= 4 is 63.9 Å². The third-order valence-electron chi connectivity index (χ3n) is 3.96. The summed E-state index contributed by atoms with van der Waals surface area (Å²) in [4.78, 5) is 36.1. The molecule has 0 atom stereocenters. The molecule has 0 aliphatic heterocycles. The number of benzene rings is 2. The van der Waals surface area contributed by atoms with Crippen LogP contribution in [0.3, 0.4) is 0 Å². The SMILES string of the molecule is Cc1ccc(C)c(NC(=O)CCC(=O)NNC(=S)NC(=O)c2ccc(Cl)cc2Cl)c1. The molecule has 158 valence electrons. The van der Waals surface area contributed by atoms with E-state index in [1.165, 1.54) is 18.2 Å². The van der Waals surface area contributed by atoms with Gasteiger partial charge in [-0.1, -0.05) is 35.3 Å². The van der Waals surface area contributed by atoms with E-state index in [4.69, 9.17) is 35.4 Å². The molecule has 0 spiro atoms. The molecule has 0 unspecified atom stereocenters. The molecule has 0 aromatic heterocycles. The summed E-state index contributed by atoms with van der Waals surface area (Å²) in [7, 11) is 0. The van der Waals surface area contributed by atoms with Crippen LogP contribution in [0.1, 0.15) is 34.3 Å². The van der Waals surface area contributed by atoms with Crippen LogP contribution in [0, 0.1) is 13.8 Å². The van der Waals surface area contributed by atoms with Gasteiger partial charge in [-0.05, 0) is 61.5 Å². The Hall–Kier alpha value is -2.68. The Bertz CT molecular complexity index is 998. The summed E-state index contributed by atoms with van der Waals surface area (Å²) < 4.78 is 0. The van der Waals surface area contributed by atoms with Gasteiger partial charge in [0.1, 0.15) is 0 Å². The molecule has 30 heavy (non-hydrogen) atoms. The van der Waals surface area contributed by atoms with E-state index in [9.17, 15) is 14.4 Å². The van der Waals surface area contributed by atoms with E-state index in [2.05, 4.69) is 21.5 Å². The predicted molar refractivity (Wildman–Crippen MR) is 122 cm³/mol. The molecule has 7 nitrogen and oxygen atoms in total. The van der Waals surface area contributed by atoms with Crippen LogP contribution in [0.2, 0.25) is 10.0 Å². The number of hydrogen-bond donors (Lipinski definition) is 4. The van der Waals surface area contributed by atoms with Crippen molar-refractivity contribution in [2.45, 2.75) is 26.7 Å². The van der Waals surface area contributed by atoms with E-state index in [0.717, 1.165) is 11.1 Å². The number of halogens is 2. The van der Waals surface area contributed by atoms with Crippen molar-refractivity contribution in [3.8, 4) is 0 Å². The summed E-state index contributed by atoms with van der Waals surface area (Å²) in [6, 6.07) is 10.1. The summed E-state index contributed by atoms with van der Waals surface area (Å²) >= 11 is 16.7.